The van der Waals surface area contributed by atoms with Gasteiger partial charge in [-0.25, -0.2) is 0 Å². The lowest BCUT2D eigenvalue weighted by atomic mass is 9.80. The molecule has 1 amide bonds. The Balaban J connectivity index is 1.88. The molecular weight excluding hydrogens is 282 g/mol. The number of nitrogens with one attached hydrogen (secondary N) is 1. The van der Waals surface area contributed by atoms with E-state index in [0.29, 0.717) is 6.42 Å². The average molecular weight is 314 g/mol. The summed E-state index contributed by atoms with van der Waals surface area (Å²) in [6, 6.07) is 0.110. The normalized spacial score (nSPS) is 24.5. The van der Waals surface area contributed by atoms with Crippen molar-refractivity contribution in [1.29, 1.82) is 0 Å². The Morgan fingerprint density at radius 3 is 2.57 bits per heavy atom. The Bertz CT molecular complexity index is 323. The molecule has 122 valence electrons. The number of hydrogen-bond acceptors (Lipinski definition) is 4. The minimum absolute atomic E-state index is 0.110. The molecule has 5 heteroatoms. The van der Waals surface area contributed by atoms with Gasteiger partial charge in [-0.15, -0.1) is 0 Å². The average Bonchev–Trinajstić information content (AvgIpc) is 2.52. The lowest BCUT2D eigenvalue weighted by Gasteiger charge is -2.48. The fourth-order valence-electron chi connectivity index (χ4n) is 3.56. The minimum atomic E-state index is 0.110. The lowest BCUT2D eigenvalue weighted by Crippen LogP contribution is -2.58. The summed E-state index contributed by atoms with van der Waals surface area (Å²) in [5.74, 6) is 2.64. The van der Waals surface area contributed by atoms with Gasteiger partial charge in [-0.1, -0.05) is 19.3 Å². The Kier molecular flexibility index (Phi) is 6.83. The van der Waals surface area contributed by atoms with Gasteiger partial charge in [0.2, 0.25) is 5.91 Å². The highest BCUT2D eigenvalue weighted by atomic mass is 32.2. The van der Waals surface area contributed by atoms with E-state index in [-0.39, 0.29) is 17.5 Å². The van der Waals surface area contributed by atoms with E-state index in [1.165, 1.54) is 56.7 Å². The standard InChI is InChI=1S/C16H31N3OS/c1-14(17)5-6-15(20)18-13-16(7-3-2-4-8-16)19-9-11-21-12-10-19/h14H,2-13,17H2,1H3,(H,18,20). The molecule has 3 N–H and O–H groups in total. The Labute approximate surface area is 133 Å². The number of nitrogens with two attached hydrogens (primary N) is 1. The van der Waals surface area contributed by atoms with Gasteiger partial charge in [-0.2, -0.15) is 11.8 Å². The maximum absolute atomic E-state index is 12.0. The fraction of sp³-hybridized carbons (Fsp3) is 0.938. The van der Waals surface area contributed by atoms with Crippen molar-refractivity contribution in [3.63, 3.8) is 0 Å². The fourth-order valence-corrected chi connectivity index (χ4v) is 4.47. The van der Waals surface area contributed by atoms with Crippen molar-refractivity contribution in [2.75, 3.05) is 31.1 Å². The van der Waals surface area contributed by atoms with Crippen LogP contribution in [0.4, 0.5) is 0 Å². The van der Waals surface area contributed by atoms with Crippen molar-refractivity contribution in [1.82, 2.24) is 10.2 Å². The van der Waals surface area contributed by atoms with Crippen molar-refractivity contribution in [2.45, 2.75) is 63.5 Å². The Morgan fingerprint density at radius 2 is 1.95 bits per heavy atom. The topological polar surface area (TPSA) is 58.4 Å². The highest BCUT2D eigenvalue weighted by molar-refractivity contribution is 7.99. The molecule has 1 atom stereocenters. The Morgan fingerprint density at radius 1 is 1.29 bits per heavy atom. The van der Waals surface area contributed by atoms with E-state index >= 15 is 0 Å². The van der Waals surface area contributed by atoms with Gasteiger partial charge in [0.05, 0.1) is 0 Å². The van der Waals surface area contributed by atoms with Crippen LogP contribution in [0.15, 0.2) is 0 Å². The van der Waals surface area contributed by atoms with E-state index in [4.69, 9.17) is 5.73 Å². The van der Waals surface area contributed by atoms with E-state index in [1.54, 1.807) is 0 Å². The molecule has 0 aromatic carbocycles. The molecule has 0 aromatic heterocycles. The van der Waals surface area contributed by atoms with Gasteiger partial charge in [0.1, 0.15) is 0 Å². The van der Waals surface area contributed by atoms with Crippen LogP contribution in [0, 0.1) is 0 Å². The second-order valence-electron chi connectivity index (χ2n) is 6.68. The third-order valence-corrected chi connectivity index (χ3v) is 5.85. The van der Waals surface area contributed by atoms with Crippen molar-refractivity contribution >= 4 is 17.7 Å². The van der Waals surface area contributed by atoms with Crippen LogP contribution in [0.25, 0.3) is 0 Å². The minimum Gasteiger partial charge on any atom is -0.354 e. The van der Waals surface area contributed by atoms with Gasteiger partial charge < -0.3 is 11.1 Å². The van der Waals surface area contributed by atoms with E-state index in [9.17, 15) is 4.79 Å². The van der Waals surface area contributed by atoms with Crippen molar-refractivity contribution < 1.29 is 4.79 Å². The van der Waals surface area contributed by atoms with E-state index in [1.807, 2.05) is 6.92 Å². The molecule has 0 spiro atoms. The third kappa shape index (κ3) is 5.15. The second kappa shape index (κ2) is 8.39. The summed E-state index contributed by atoms with van der Waals surface area (Å²) in [5, 5.41) is 3.20. The van der Waals surface area contributed by atoms with Crippen LogP contribution in [0.1, 0.15) is 51.9 Å². The summed E-state index contributed by atoms with van der Waals surface area (Å²) in [6.07, 6.45) is 7.78. The van der Waals surface area contributed by atoms with Crippen LogP contribution in [0.3, 0.4) is 0 Å². The van der Waals surface area contributed by atoms with Gasteiger partial charge in [0.25, 0.3) is 0 Å². The highest BCUT2D eigenvalue weighted by Crippen LogP contribution is 2.34. The molecule has 1 saturated heterocycles. The van der Waals surface area contributed by atoms with Gasteiger partial charge in [-0.3, -0.25) is 9.69 Å². The largest absolute Gasteiger partial charge is 0.354 e. The molecular formula is C16H31N3OS. The van der Waals surface area contributed by atoms with Crippen LogP contribution in [-0.4, -0.2) is 53.5 Å². The summed E-state index contributed by atoms with van der Waals surface area (Å²) in [7, 11) is 0. The Hall–Kier alpha value is -0.260. The van der Waals surface area contributed by atoms with Gasteiger partial charge in [0, 0.05) is 49.1 Å². The molecule has 0 bridgehead atoms. The van der Waals surface area contributed by atoms with Crippen LogP contribution in [-0.2, 0) is 4.79 Å². The number of rotatable bonds is 6. The quantitative estimate of drug-likeness (QED) is 0.787. The van der Waals surface area contributed by atoms with Gasteiger partial charge in [0.15, 0.2) is 0 Å². The molecule has 1 aliphatic carbocycles. The predicted octanol–water partition coefficient (Wildman–Crippen LogP) is 1.98. The van der Waals surface area contributed by atoms with Crippen LogP contribution in [0.5, 0.6) is 0 Å². The van der Waals surface area contributed by atoms with E-state index < -0.39 is 0 Å². The first-order valence-electron chi connectivity index (χ1n) is 8.47. The molecule has 1 saturated carbocycles. The molecule has 21 heavy (non-hydrogen) atoms. The summed E-state index contributed by atoms with van der Waals surface area (Å²) in [6.45, 7) is 5.15. The summed E-state index contributed by atoms with van der Waals surface area (Å²) in [4.78, 5) is 14.7. The molecule has 4 nitrogen and oxygen atoms in total. The first-order chi connectivity index (χ1) is 10.1. The van der Waals surface area contributed by atoms with Crippen molar-refractivity contribution in [2.24, 2.45) is 5.73 Å². The lowest BCUT2D eigenvalue weighted by molar-refractivity contribution is -0.122. The zero-order chi connectivity index (χ0) is 15.1. The molecule has 1 heterocycles. The smallest absolute Gasteiger partial charge is 0.220 e. The van der Waals surface area contributed by atoms with E-state index in [0.717, 1.165) is 13.0 Å². The van der Waals surface area contributed by atoms with Crippen LogP contribution >= 0.6 is 11.8 Å². The predicted molar refractivity (Wildman–Crippen MR) is 90.6 cm³/mol. The first kappa shape index (κ1) is 17.1. The molecule has 0 aromatic rings. The number of hydrogen-bond donors (Lipinski definition) is 2. The zero-order valence-corrected chi connectivity index (χ0v) is 14.2. The summed E-state index contributed by atoms with van der Waals surface area (Å²) in [5.41, 5.74) is 5.96. The maximum atomic E-state index is 12.0. The van der Waals surface area contributed by atoms with Crippen LogP contribution < -0.4 is 11.1 Å². The third-order valence-electron chi connectivity index (χ3n) is 4.91. The number of carbonyl (C=O) groups excluding carboxylic acids is 1. The zero-order valence-electron chi connectivity index (χ0n) is 13.4. The van der Waals surface area contributed by atoms with Gasteiger partial charge in [-0.05, 0) is 26.2 Å². The number of nitrogens with zero attached hydrogens (tertiary/aromatic N) is 1. The second-order valence-corrected chi connectivity index (χ2v) is 7.90. The molecule has 0 radical (unpaired) electrons. The highest BCUT2D eigenvalue weighted by Gasteiger charge is 2.38. The molecule has 1 aliphatic heterocycles. The molecule has 2 fully saturated rings. The van der Waals surface area contributed by atoms with Crippen molar-refractivity contribution in [3.8, 4) is 0 Å². The summed E-state index contributed by atoms with van der Waals surface area (Å²) >= 11 is 2.05. The van der Waals surface area contributed by atoms with Crippen molar-refractivity contribution in [3.05, 3.63) is 0 Å². The molecule has 2 rings (SSSR count). The number of carbonyl (C=O) groups is 1. The monoisotopic (exact) mass is 313 g/mol. The molecule has 1 unspecified atom stereocenters. The van der Waals surface area contributed by atoms with Gasteiger partial charge >= 0.3 is 0 Å². The molecule has 2 aliphatic rings. The first-order valence-corrected chi connectivity index (χ1v) is 9.63. The maximum Gasteiger partial charge on any atom is 0.220 e. The SMILES string of the molecule is CC(N)CCC(=O)NCC1(N2CCSCC2)CCCCC1. The number of thioether (sulfide) groups is 1. The van der Waals surface area contributed by atoms with E-state index in [2.05, 4.69) is 22.0 Å². The number of amides is 1. The summed E-state index contributed by atoms with van der Waals surface area (Å²) < 4.78 is 0. The van der Waals surface area contributed by atoms with Crippen LogP contribution in [0.2, 0.25) is 0 Å².